The number of aromatic nitrogens is 3. The highest BCUT2D eigenvalue weighted by Gasteiger charge is 2.28. The Kier molecular flexibility index (Phi) is 4.31. The summed E-state index contributed by atoms with van der Waals surface area (Å²) in [6.45, 7) is 5.63. The van der Waals surface area contributed by atoms with Crippen LogP contribution in [0.15, 0.2) is 12.7 Å². The summed E-state index contributed by atoms with van der Waals surface area (Å²) in [6, 6.07) is -0.427. The molecule has 0 aliphatic carbocycles. The largest absolute Gasteiger partial charge is 0.457 e. The summed E-state index contributed by atoms with van der Waals surface area (Å²) in [5.74, 6) is -0.878. The first-order valence-electron chi connectivity index (χ1n) is 6.31. The molecule has 9 heteroatoms. The van der Waals surface area contributed by atoms with Crippen molar-refractivity contribution in [3.05, 3.63) is 24.0 Å². The van der Waals surface area contributed by atoms with Crippen LogP contribution in [-0.2, 0) is 16.1 Å². The minimum Gasteiger partial charge on any atom is -0.457 e. The molecule has 1 aromatic rings. The number of urea groups is 1. The minimum absolute atomic E-state index is 0.00824. The Balaban J connectivity index is 2.00. The van der Waals surface area contributed by atoms with Crippen LogP contribution in [0, 0.1) is 6.92 Å². The van der Waals surface area contributed by atoms with Crippen molar-refractivity contribution in [1.82, 2.24) is 25.2 Å². The molecule has 1 fully saturated rings. The summed E-state index contributed by atoms with van der Waals surface area (Å²) < 4.78 is 6.33. The molecule has 9 nitrogen and oxygen atoms in total. The quantitative estimate of drug-likeness (QED) is 0.430. The zero-order valence-corrected chi connectivity index (χ0v) is 11.5. The summed E-state index contributed by atoms with van der Waals surface area (Å²) in [5.41, 5.74) is 0.616. The molecule has 0 bridgehead atoms. The molecule has 0 saturated carbocycles. The van der Waals surface area contributed by atoms with Gasteiger partial charge in [0.15, 0.2) is 5.69 Å². The fraction of sp³-hybridized carbons (Fsp3) is 0.417. The third-order valence-electron chi connectivity index (χ3n) is 2.98. The molecule has 3 amide bonds. The van der Waals surface area contributed by atoms with Crippen molar-refractivity contribution in [3.8, 4) is 0 Å². The van der Waals surface area contributed by atoms with E-state index in [9.17, 15) is 14.4 Å². The van der Waals surface area contributed by atoms with Gasteiger partial charge in [0, 0.05) is 0 Å². The van der Waals surface area contributed by atoms with Crippen molar-refractivity contribution in [2.24, 2.45) is 0 Å². The number of hydrogen-bond donors (Lipinski definition) is 1. The number of esters is 1. The van der Waals surface area contributed by atoms with Gasteiger partial charge >= 0.3 is 12.0 Å². The van der Waals surface area contributed by atoms with Crippen LogP contribution in [0.25, 0.3) is 0 Å². The number of carbonyl (C=O) groups is 3. The number of rotatable bonds is 6. The molecule has 1 aromatic heterocycles. The topological polar surface area (TPSA) is 106 Å². The summed E-state index contributed by atoms with van der Waals surface area (Å²) in [7, 11) is 0. The summed E-state index contributed by atoms with van der Waals surface area (Å²) in [6.07, 6.45) is 1.45. The van der Waals surface area contributed by atoms with Crippen LogP contribution >= 0.6 is 0 Å². The maximum Gasteiger partial charge on any atom is 0.361 e. The van der Waals surface area contributed by atoms with Crippen molar-refractivity contribution in [1.29, 1.82) is 0 Å². The van der Waals surface area contributed by atoms with E-state index >= 15 is 0 Å². The number of carbonyl (C=O) groups excluding carboxylic acids is 3. The van der Waals surface area contributed by atoms with E-state index < -0.39 is 12.0 Å². The first kappa shape index (κ1) is 14.7. The minimum atomic E-state index is -0.589. The van der Waals surface area contributed by atoms with Gasteiger partial charge in [0.2, 0.25) is 5.91 Å². The van der Waals surface area contributed by atoms with Gasteiger partial charge in [-0.15, -0.1) is 5.10 Å². The third kappa shape index (κ3) is 3.07. The number of imide groups is 1. The molecule has 112 valence electrons. The fourth-order valence-corrected chi connectivity index (χ4v) is 1.84. The zero-order valence-electron chi connectivity index (χ0n) is 11.5. The van der Waals surface area contributed by atoms with E-state index in [4.69, 9.17) is 4.74 Å². The van der Waals surface area contributed by atoms with Crippen LogP contribution in [0.4, 0.5) is 4.79 Å². The molecule has 2 rings (SSSR count). The van der Waals surface area contributed by atoms with Crippen LogP contribution in [0.5, 0.6) is 0 Å². The smallest absolute Gasteiger partial charge is 0.361 e. The van der Waals surface area contributed by atoms with E-state index in [1.54, 1.807) is 6.92 Å². The van der Waals surface area contributed by atoms with Gasteiger partial charge in [-0.1, -0.05) is 17.9 Å². The lowest BCUT2D eigenvalue weighted by Crippen LogP contribution is -2.34. The van der Waals surface area contributed by atoms with Crippen molar-refractivity contribution < 1.29 is 19.1 Å². The van der Waals surface area contributed by atoms with E-state index in [0.29, 0.717) is 5.69 Å². The Morgan fingerprint density at radius 1 is 1.48 bits per heavy atom. The normalized spacial score (nSPS) is 14.2. The Morgan fingerprint density at radius 3 is 2.86 bits per heavy atom. The van der Waals surface area contributed by atoms with Crippen LogP contribution in [0.1, 0.15) is 16.2 Å². The molecular formula is C12H15N5O4. The molecule has 1 saturated heterocycles. The second kappa shape index (κ2) is 6.16. The zero-order chi connectivity index (χ0) is 15.4. The highest BCUT2D eigenvalue weighted by molar-refractivity contribution is 6.01. The van der Waals surface area contributed by atoms with Gasteiger partial charge in [0.25, 0.3) is 0 Å². The molecule has 21 heavy (non-hydrogen) atoms. The van der Waals surface area contributed by atoms with Crippen LogP contribution in [-0.4, -0.2) is 57.5 Å². The fourth-order valence-electron chi connectivity index (χ4n) is 1.84. The lowest BCUT2D eigenvalue weighted by atomic mass is 10.3. The Labute approximate surface area is 120 Å². The lowest BCUT2D eigenvalue weighted by Gasteiger charge is -2.12. The van der Waals surface area contributed by atoms with Gasteiger partial charge in [-0.3, -0.25) is 9.69 Å². The predicted octanol–water partition coefficient (Wildman–Crippen LogP) is -0.519. The maximum absolute atomic E-state index is 11.7. The van der Waals surface area contributed by atoms with Gasteiger partial charge in [-0.2, -0.15) is 0 Å². The van der Waals surface area contributed by atoms with Crippen LogP contribution < -0.4 is 5.32 Å². The number of hydrogen-bond acceptors (Lipinski definition) is 6. The standard InChI is InChI=1S/C12H15N5O4/c1-3-6-21-11(19)10-8(2)17(15-14-10)5-4-16-9(18)7-13-12(16)20/h3H,1,4-7H2,2H3,(H,13,20). The van der Waals surface area contributed by atoms with Crippen molar-refractivity contribution >= 4 is 17.9 Å². The Morgan fingerprint density at radius 2 is 2.24 bits per heavy atom. The molecule has 1 aliphatic rings. The number of nitrogens with one attached hydrogen (secondary N) is 1. The monoisotopic (exact) mass is 293 g/mol. The highest BCUT2D eigenvalue weighted by Crippen LogP contribution is 2.07. The molecule has 0 unspecified atom stereocenters. The highest BCUT2D eigenvalue weighted by atomic mass is 16.5. The molecule has 0 atom stereocenters. The van der Waals surface area contributed by atoms with Crippen molar-refractivity contribution in [2.45, 2.75) is 13.5 Å². The lowest BCUT2D eigenvalue weighted by molar-refractivity contribution is -0.125. The van der Waals surface area contributed by atoms with Crippen molar-refractivity contribution in [2.75, 3.05) is 19.7 Å². The number of amides is 3. The van der Waals surface area contributed by atoms with Gasteiger partial charge in [-0.05, 0) is 6.92 Å². The SMILES string of the molecule is C=CCOC(=O)c1nnn(CCN2C(=O)CNC2=O)c1C. The summed E-state index contributed by atoms with van der Waals surface area (Å²) in [5, 5.41) is 10.0. The summed E-state index contributed by atoms with van der Waals surface area (Å²) >= 11 is 0. The average molecular weight is 293 g/mol. The average Bonchev–Trinajstić information content (AvgIpc) is 2.98. The third-order valence-corrected chi connectivity index (χ3v) is 2.98. The molecule has 0 radical (unpaired) electrons. The van der Waals surface area contributed by atoms with E-state index in [1.165, 1.54) is 10.8 Å². The maximum atomic E-state index is 11.7. The van der Waals surface area contributed by atoms with Gasteiger partial charge in [-0.25, -0.2) is 14.3 Å². The Bertz CT molecular complexity index is 578. The Hall–Kier alpha value is -2.71. The van der Waals surface area contributed by atoms with Gasteiger partial charge < -0.3 is 10.1 Å². The second-order valence-electron chi connectivity index (χ2n) is 4.34. The molecule has 0 aromatic carbocycles. The van der Waals surface area contributed by atoms with Crippen LogP contribution in [0.3, 0.4) is 0 Å². The van der Waals surface area contributed by atoms with E-state index in [-0.39, 0.29) is 37.8 Å². The number of ether oxygens (including phenoxy) is 1. The predicted molar refractivity (Wildman–Crippen MR) is 70.4 cm³/mol. The van der Waals surface area contributed by atoms with Crippen molar-refractivity contribution in [3.63, 3.8) is 0 Å². The second-order valence-corrected chi connectivity index (χ2v) is 4.34. The van der Waals surface area contributed by atoms with E-state index in [1.807, 2.05) is 0 Å². The van der Waals surface area contributed by atoms with E-state index in [0.717, 1.165) is 4.90 Å². The first-order chi connectivity index (χ1) is 10.0. The molecule has 0 spiro atoms. The van der Waals surface area contributed by atoms with E-state index in [2.05, 4.69) is 22.2 Å². The molecule has 2 heterocycles. The molecule has 1 N–H and O–H groups in total. The molecular weight excluding hydrogens is 278 g/mol. The first-order valence-corrected chi connectivity index (χ1v) is 6.31. The summed E-state index contributed by atoms with van der Waals surface area (Å²) in [4.78, 5) is 35.6. The van der Waals surface area contributed by atoms with Gasteiger partial charge in [0.05, 0.1) is 25.3 Å². The number of nitrogens with zero attached hydrogens (tertiary/aromatic N) is 4. The van der Waals surface area contributed by atoms with Crippen LogP contribution in [0.2, 0.25) is 0 Å². The molecule has 1 aliphatic heterocycles. The van der Waals surface area contributed by atoms with Gasteiger partial charge in [0.1, 0.15) is 6.61 Å².